The second-order valence-corrected chi connectivity index (χ2v) is 5.25. The van der Waals surface area contributed by atoms with Crippen molar-refractivity contribution in [1.82, 2.24) is 15.0 Å². The van der Waals surface area contributed by atoms with Gasteiger partial charge in [0, 0.05) is 17.9 Å². The maximum atomic E-state index is 11.9. The number of hydrogen-bond acceptors (Lipinski definition) is 5. The Labute approximate surface area is 121 Å². The van der Waals surface area contributed by atoms with Crippen LogP contribution in [0.4, 0.5) is 0 Å². The van der Waals surface area contributed by atoms with Gasteiger partial charge in [0.25, 0.3) is 5.89 Å². The van der Waals surface area contributed by atoms with Crippen molar-refractivity contribution in [3.8, 4) is 11.5 Å². The first kappa shape index (κ1) is 13.5. The first-order chi connectivity index (χ1) is 10.1. The van der Waals surface area contributed by atoms with Crippen LogP contribution in [0.15, 0.2) is 28.8 Å². The van der Waals surface area contributed by atoms with Gasteiger partial charge in [-0.15, -0.1) is 0 Å². The molecule has 2 amide bonds. The molecule has 6 nitrogen and oxygen atoms in total. The molecule has 0 unspecified atom stereocenters. The quantitative estimate of drug-likeness (QED) is 0.805. The van der Waals surface area contributed by atoms with Crippen molar-refractivity contribution in [3.05, 3.63) is 35.7 Å². The summed E-state index contributed by atoms with van der Waals surface area (Å²) in [5, 5.41) is 3.86. The van der Waals surface area contributed by atoms with Gasteiger partial charge in [0.05, 0.1) is 6.54 Å². The number of nitrogens with zero attached hydrogens (tertiary/aromatic N) is 3. The summed E-state index contributed by atoms with van der Waals surface area (Å²) >= 11 is 0. The van der Waals surface area contributed by atoms with Gasteiger partial charge >= 0.3 is 0 Å². The van der Waals surface area contributed by atoms with E-state index in [9.17, 15) is 9.59 Å². The summed E-state index contributed by atoms with van der Waals surface area (Å²) in [6.45, 7) is 3.76. The normalized spacial score (nSPS) is 18.6. The van der Waals surface area contributed by atoms with E-state index in [1.54, 1.807) is 6.92 Å². The largest absolute Gasteiger partial charge is 0.334 e. The zero-order chi connectivity index (χ0) is 15.0. The highest BCUT2D eigenvalue weighted by molar-refractivity contribution is 6.03. The standard InChI is InChI=1S/C15H15N3O3/c1-9-5-3-4-6-11(9)14-16-12(17-21-14)8-18-13(19)7-10(2)15(18)20/h3-6,10H,7-8H2,1-2H3/t10-/m1/s1. The number of rotatable bonds is 3. The molecule has 2 heterocycles. The topological polar surface area (TPSA) is 76.3 Å². The maximum absolute atomic E-state index is 11.9. The summed E-state index contributed by atoms with van der Waals surface area (Å²) in [6.07, 6.45) is 0.251. The van der Waals surface area contributed by atoms with Gasteiger partial charge < -0.3 is 4.52 Å². The predicted octanol–water partition coefficient (Wildman–Crippen LogP) is 1.94. The summed E-state index contributed by atoms with van der Waals surface area (Å²) < 4.78 is 5.23. The van der Waals surface area contributed by atoms with Gasteiger partial charge in [0.2, 0.25) is 11.8 Å². The molecular weight excluding hydrogens is 270 g/mol. The number of aryl methyl sites for hydroxylation is 1. The molecule has 21 heavy (non-hydrogen) atoms. The van der Waals surface area contributed by atoms with Gasteiger partial charge in [-0.3, -0.25) is 14.5 Å². The monoisotopic (exact) mass is 285 g/mol. The minimum Gasteiger partial charge on any atom is -0.334 e. The lowest BCUT2D eigenvalue weighted by Gasteiger charge is -2.10. The van der Waals surface area contributed by atoms with E-state index in [2.05, 4.69) is 10.1 Å². The minimum absolute atomic E-state index is 0.0669. The molecular formula is C15H15N3O3. The molecule has 2 aromatic rings. The maximum Gasteiger partial charge on any atom is 0.258 e. The van der Waals surface area contributed by atoms with E-state index < -0.39 is 0 Å². The zero-order valence-electron chi connectivity index (χ0n) is 11.9. The number of imide groups is 1. The molecule has 0 aliphatic carbocycles. The van der Waals surface area contributed by atoms with Crippen molar-refractivity contribution >= 4 is 11.8 Å². The van der Waals surface area contributed by atoms with E-state index in [-0.39, 0.29) is 30.7 Å². The fourth-order valence-electron chi connectivity index (χ4n) is 2.40. The van der Waals surface area contributed by atoms with Gasteiger partial charge in [0.1, 0.15) is 0 Å². The fourth-order valence-corrected chi connectivity index (χ4v) is 2.40. The van der Waals surface area contributed by atoms with Gasteiger partial charge in [-0.05, 0) is 18.6 Å². The zero-order valence-corrected chi connectivity index (χ0v) is 11.9. The van der Waals surface area contributed by atoms with Crippen molar-refractivity contribution < 1.29 is 14.1 Å². The number of aromatic nitrogens is 2. The summed E-state index contributed by atoms with van der Waals surface area (Å²) in [6, 6.07) is 7.66. The van der Waals surface area contributed by atoms with Crippen molar-refractivity contribution in [2.24, 2.45) is 5.92 Å². The SMILES string of the molecule is Cc1ccccc1-c1nc(CN2C(=O)C[C@@H](C)C2=O)no1. The summed E-state index contributed by atoms with van der Waals surface area (Å²) in [5.74, 6) is 0.108. The Balaban J connectivity index is 1.82. The summed E-state index contributed by atoms with van der Waals surface area (Å²) in [4.78, 5) is 29.1. The second-order valence-electron chi connectivity index (χ2n) is 5.25. The Morgan fingerprint density at radius 3 is 2.76 bits per heavy atom. The number of amides is 2. The molecule has 1 aliphatic rings. The lowest BCUT2D eigenvalue weighted by atomic mass is 10.1. The van der Waals surface area contributed by atoms with Crippen LogP contribution in [-0.2, 0) is 16.1 Å². The minimum atomic E-state index is -0.264. The molecule has 0 saturated carbocycles. The second kappa shape index (κ2) is 5.12. The van der Waals surface area contributed by atoms with Crippen LogP contribution in [0.3, 0.4) is 0 Å². The lowest BCUT2D eigenvalue weighted by molar-refractivity contribution is -0.140. The number of benzene rings is 1. The Hall–Kier alpha value is -2.50. The molecule has 108 valence electrons. The Kier molecular flexibility index (Phi) is 3.29. The third kappa shape index (κ3) is 2.44. The van der Waals surface area contributed by atoms with E-state index in [1.165, 1.54) is 4.90 Å². The Morgan fingerprint density at radius 1 is 1.33 bits per heavy atom. The number of hydrogen-bond donors (Lipinski definition) is 0. The van der Waals surface area contributed by atoms with Crippen LogP contribution in [0.1, 0.15) is 24.7 Å². The van der Waals surface area contributed by atoms with E-state index in [1.807, 2.05) is 31.2 Å². The molecule has 1 saturated heterocycles. The van der Waals surface area contributed by atoms with Gasteiger partial charge in [-0.25, -0.2) is 0 Å². The average molecular weight is 285 g/mol. The van der Waals surface area contributed by atoms with Crippen molar-refractivity contribution in [3.63, 3.8) is 0 Å². The number of carbonyl (C=O) groups is 2. The Bertz CT molecular complexity index is 708. The molecule has 3 rings (SSSR count). The smallest absolute Gasteiger partial charge is 0.258 e. The first-order valence-electron chi connectivity index (χ1n) is 6.79. The molecule has 0 N–H and O–H groups in total. The molecule has 0 spiro atoms. The highest BCUT2D eigenvalue weighted by Gasteiger charge is 2.36. The molecule has 6 heteroatoms. The summed E-state index contributed by atoms with van der Waals surface area (Å²) in [7, 11) is 0. The molecule has 1 aliphatic heterocycles. The van der Waals surface area contributed by atoms with Crippen LogP contribution in [0.5, 0.6) is 0 Å². The van der Waals surface area contributed by atoms with Crippen molar-refractivity contribution in [2.45, 2.75) is 26.8 Å². The number of carbonyl (C=O) groups excluding carboxylic acids is 2. The van der Waals surface area contributed by atoms with Gasteiger partial charge in [-0.2, -0.15) is 4.98 Å². The Morgan fingerprint density at radius 2 is 2.10 bits per heavy atom. The van der Waals surface area contributed by atoms with E-state index in [0.717, 1.165) is 11.1 Å². The summed E-state index contributed by atoms with van der Waals surface area (Å²) in [5.41, 5.74) is 1.87. The fraction of sp³-hybridized carbons (Fsp3) is 0.333. The van der Waals surface area contributed by atoms with E-state index in [4.69, 9.17) is 4.52 Å². The molecule has 0 bridgehead atoms. The third-order valence-electron chi connectivity index (χ3n) is 3.61. The van der Waals surface area contributed by atoms with Crippen LogP contribution >= 0.6 is 0 Å². The molecule has 1 atom stereocenters. The molecule has 1 fully saturated rings. The third-order valence-corrected chi connectivity index (χ3v) is 3.61. The molecule has 1 aromatic carbocycles. The lowest BCUT2D eigenvalue weighted by Crippen LogP contribution is -2.30. The highest BCUT2D eigenvalue weighted by Crippen LogP contribution is 2.23. The average Bonchev–Trinajstić information content (AvgIpc) is 3.01. The van der Waals surface area contributed by atoms with Crippen LogP contribution in [0.2, 0.25) is 0 Å². The predicted molar refractivity (Wildman–Crippen MR) is 73.8 cm³/mol. The van der Waals surface area contributed by atoms with Crippen LogP contribution in [0, 0.1) is 12.8 Å². The van der Waals surface area contributed by atoms with Gasteiger partial charge in [-0.1, -0.05) is 30.3 Å². The van der Waals surface area contributed by atoms with E-state index in [0.29, 0.717) is 11.7 Å². The van der Waals surface area contributed by atoms with Crippen molar-refractivity contribution in [1.29, 1.82) is 0 Å². The molecule has 1 aromatic heterocycles. The molecule has 0 radical (unpaired) electrons. The van der Waals surface area contributed by atoms with E-state index >= 15 is 0 Å². The number of likely N-dealkylation sites (tertiary alicyclic amines) is 1. The van der Waals surface area contributed by atoms with Gasteiger partial charge in [0.15, 0.2) is 5.82 Å². The van der Waals surface area contributed by atoms with Crippen LogP contribution in [0.25, 0.3) is 11.5 Å². The highest BCUT2D eigenvalue weighted by atomic mass is 16.5. The van der Waals surface area contributed by atoms with Crippen molar-refractivity contribution in [2.75, 3.05) is 0 Å². The van der Waals surface area contributed by atoms with Crippen LogP contribution in [-0.4, -0.2) is 26.9 Å². The first-order valence-corrected chi connectivity index (χ1v) is 6.79. The van der Waals surface area contributed by atoms with Crippen LogP contribution < -0.4 is 0 Å².